The van der Waals surface area contributed by atoms with Crippen LogP contribution in [0.3, 0.4) is 0 Å². The Bertz CT molecular complexity index is 693. The zero-order chi connectivity index (χ0) is 15.3. The van der Waals surface area contributed by atoms with Crippen LogP contribution in [0.5, 0.6) is 0 Å². The SMILES string of the molecule is O=[N+]([O-])c1cc(C(F)(F)F)cc2[nH]c(C(F)(F)F)nc12.[NaH]. The molecule has 0 spiro atoms. The van der Waals surface area contributed by atoms with Crippen LogP contribution in [-0.2, 0) is 12.4 Å². The molecule has 0 aliphatic rings. The quantitative estimate of drug-likeness (QED) is 0.380. The molecule has 1 N–H and O–H groups in total. The average Bonchev–Trinajstić information content (AvgIpc) is 2.68. The molecule has 0 atom stereocenters. The van der Waals surface area contributed by atoms with E-state index in [1.807, 2.05) is 0 Å². The van der Waals surface area contributed by atoms with Gasteiger partial charge in [0, 0.05) is 6.07 Å². The summed E-state index contributed by atoms with van der Waals surface area (Å²) < 4.78 is 74.8. The molecule has 0 unspecified atom stereocenters. The van der Waals surface area contributed by atoms with Gasteiger partial charge in [0.1, 0.15) is 0 Å². The number of benzene rings is 1. The van der Waals surface area contributed by atoms with E-state index in [0.717, 1.165) is 0 Å². The molecule has 0 radical (unpaired) electrons. The summed E-state index contributed by atoms with van der Waals surface area (Å²) in [5, 5.41) is 10.7. The monoisotopic (exact) mass is 323 g/mol. The van der Waals surface area contributed by atoms with Crippen LogP contribution in [0.1, 0.15) is 11.4 Å². The first-order valence-electron chi connectivity index (χ1n) is 4.82. The number of hydrogen-bond acceptors (Lipinski definition) is 3. The minimum absolute atomic E-state index is 0. The number of imidazole rings is 1. The van der Waals surface area contributed by atoms with Crippen molar-refractivity contribution < 1.29 is 31.3 Å². The van der Waals surface area contributed by atoms with E-state index in [1.54, 1.807) is 4.98 Å². The second-order valence-electron chi connectivity index (χ2n) is 3.73. The predicted molar refractivity (Wildman–Crippen MR) is 59.9 cm³/mol. The maximum absolute atomic E-state index is 12.5. The summed E-state index contributed by atoms with van der Waals surface area (Å²) in [6.45, 7) is 0. The number of halogens is 6. The van der Waals surface area contributed by atoms with Gasteiger partial charge in [0.05, 0.1) is 16.0 Å². The van der Waals surface area contributed by atoms with Crippen molar-refractivity contribution in [3.05, 3.63) is 33.6 Å². The van der Waals surface area contributed by atoms with Gasteiger partial charge in [-0.3, -0.25) is 10.1 Å². The van der Waals surface area contributed by atoms with Gasteiger partial charge in [-0.05, 0) is 6.07 Å². The molecule has 110 valence electrons. The van der Waals surface area contributed by atoms with Crippen molar-refractivity contribution in [3.63, 3.8) is 0 Å². The molecule has 21 heavy (non-hydrogen) atoms. The first-order valence-corrected chi connectivity index (χ1v) is 4.82. The summed E-state index contributed by atoms with van der Waals surface area (Å²) >= 11 is 0. The topological polar surface area (TPSA) is 71.8 Å². The van der Waals surface area contributed by atoms with Crippen LogP contribution < -0.4 is 0 Å². The number of fused-ring (bicyclic) bond motifs is 1. The average molecular weight is 323 g/mol. The molecule has 0 fully saturated rings. The fraction of sp³-hybridized carbons (Fsp3) is 0.222. The Morgan fingerprint density at radius 2 is 1.67 bits per heavy atom. The number of alkyl halides is 6. The third-order valence-electron chi connectivity index (χ3n) is 2.36. The van der Waals surface area contributed by atoms with Crippen LogP contribution in [0.4, 0.5) is 32.0 Å². The molecule has 5 nitrogen and oxygen atoms in total. The standard InChI is InChI=1S/C9H3F6N3O2.Na.H/c10-8(11,12)3-1-4-6(5(2-3)18(19)20)17-7(16-4)9(13,14)15;;/h1-2H,(H,16,17);;. The van der Waals surface area contributed by atoms with Crippen LogP contribution >= 0.6 is 0 Å². The summed E-state index contributed by atoms with van der Waals surface area (Å²) in [4.78, 5) is 14.0. The maximum atomic E-state index is 12.5. The molecule has 1 aromatic heterocycles. The molecule has 1 heterocycles. The van der Waals surface area contributed by atoms with Crippen LogP contribution in [0.25, 0.3) is 11.0 Å². The number of H-pyrrole nitrogens is 1. The molecule has 2 rings (SSSR count). The number of nitrogens with zero attached hydrogens (tertiary/aromatic N) is 2. The van der Waals surface area contributed by atoms with Gasteiger partial charge in [-0.15, -0.1) is 0 Å². The van der Waals surface area contributed by atoms with E-state index in [2.05, 4.69) is 4.98 Å². The van der Waals surface area contributed by atoms with E-state index in [4.69, 9.17) is 0 Å². The van der Waals surface area contributed by atoms with Crippen LogP contribution in [0.15, 0.2) is 12.1 Å². The fourth-order valence-corrected chi connectivity index (χ4v) is 1.54. The summed E-state index contributed by atoms with van der Waals surface area (Å²) in [7, 11) is 0. The molecular weight excluding hydrogens is 319 g/mol. The van der Waals surface area contributed by atoms with Gasteiger partial charge in [0.15, 0.2) is 5.52 Å². The minimum atomic E-state index is -4.95. The molecule has 0 saturated heterocycles. The second-order valence-corrected chi connectivity index (χ2v) is 3.73. The van der Waals surface area contributed by atoms with Gasteiger partial charge in [-0.25, -0.2) is 4.98 Å². The zero-order valence-electron chi connectivity index (χ0n) is 9.13. The van der Waals surface area contributed by atoms with Crippen molar-refractivity contribution in [2.24, 2.45) is 0 Å². The summed E-state index contributed by atoms with van der Waals surface area (Å²) in [5.74, 6) is -1.60. The zero-order valence-corrected chi connectivity index (χ0v) is 9.13. The van der Waals surface area contributed by atoms with Crippen molar-refractivity contribution in [1.29, 1.82) is 0 Å². The molecule has 0 amide bonds. The normalized spacial score (nSPS) is 12.3. The number of nitro groups is 1. The van der Waals surface area contributed by atoms with E-state index >= 15 is 0 Å². The number of rotatable bonds is 1. The van der Waals surface area contributed by atoms with Gasteiger partial charge >= 0.3 is 41.9 Å². The van der Waals surface area contributed by atoms with Gasteiger partial charge in [-0.2, -0.15) is 26.3 Å². The first kappa shape index (κ1) is 17.7. The molecule has 0 saturated carbocycles. The molecule has 12 heteroatoms. The third-order valence-corrected chi connectivity index (χ3v) is 2.36. The Kier molecular flexibility index (Phi) is 4.61. The van der Waals surface area contributed by atoms with Crippen molar-refractivity contribution in [1.82, 2.24) is 9.97 Å². The van der Waals surface area contributed by atoms with Crippen molar-refractivity contribution in [3.8, 4) is 0 Å². The summed E-state index contributed by atoms with van der Waals surface area (Å²) in [5.41, 5.74) is -4.08. The van der Waals surface area contributed by atoms with Crippen molar-refractivity contribution in [2.45, 2.75) is 12.4 Å². The van der Waals surface area contributed by atoms with Crippen LogP contribution in [0.2, 0.25) is 0 Å². The number of nitrogens with one attached hydrogen (secondary N) is 1. The van der Waals surface area contributed by atoms with E-state index < -0.39 is 45.4 Å². The molecule has 2 aromatic rings. The van der Waals surface area contributed by atoms with E-state index in [9.17, 15) is 36.5 Å². The van der Waals surface area contributed by atoms with Gasteiger partial charge in [0.2, 0.25) is 5.82 Å². The third kappa shape index (κ3) is 3.47. The van der Waals surface area contributed by atoms with Crippen molar-refractivity contribution in [2.75, 3.05) is 0 Å². The van der Waals surface area contributed by atoms with Gasteiger partial charge < -0.3 is 4.98 Å². The molecule has 1 aromatic carbocycles. The molecular formula is C9H4F6N3NaO2. The Morgan fingerprint density at radius 3 is 2.10 bits per heavy atom. The molecule has 0 aliphatic carbocycles. The summed E-state index contributed by atoms with van der Waals surface area (Å²) in [6.07, 6.45) is -9.88. The van der Waals surface area contributed by atoms with Crippen LogP contribution in [-0.4, -0.2) is 44.4 Å². The Labute approximate surface area is 133 Å². The molecule has 0 aliphatic heterocycles. The van der Waals surface area contributed by atoms with E-state index in [1.165, 1.54) is 0 Å². The number of hydrogen-bond donors (Lipinski definition) is 1. The number of aromatic amines is 1. The first-order chi connectivity index (χ1) is 9.00. The van der Waals surface area contributed by atoms with E-state index in [-0.39, 0.29) is 35.6 Å². The van der Waals surface area contributed by atoms with E-state index in [0.29, 0.717) is 6.07 Å². The summed E-state index contributed by atoms with van der Waals surface area (Å²) in [6, 6.07) is 0.480. The predicted octanol–water partition coefficient (Wildman–Crippen LogP) is 2.86. The number of aromatic nitrogens is 2. The fourth-order valence-electron chi connectivity index (χ4n) is 1.54. The van der Waals surface area contributed by atoms with Crippen molar-refractivity contribution >= 4 is 46.3 Å². The number of nitro benzene ring substituents is 1. The Morgan fingerprint density at radius 1 is 1.10 bits per heavy atom. The Hall–Kier alpha value is -1.33. The number of non-ortho nitro benzene ring substituents is 1. The van der Waals surface area contributed by atoms with Gasteiger partial charge in [0.25, 0.3) is 5.69 Å². The van der Waals surface area contributed by atoms with Crippen LogP contribution in [0, 0.1) is 10.1 Å². The second kappa shape index (κ2) is 5.46. The van der Waals surface area contributed by atoms with Gasteiger partial charge in [-0.1, -0.05) is 0 Å². The Balaban J connectivity index is 0.00000220. The molecule has 0 bridgehead atoms.